The van der Waals surface area contributed by atoms with Crippen LogP contribution >= 0.6 is 11.3 Å². The SMILES string of the molecule is CCO[C@@H]1c2nc(cs2)-c2ccc3c(c2)c(c(-c2cc(N4CCN(C)CC4)cnc2[C@H](C)OC)n3CC)CC(C)(C)COC(=O)[C@@H]2CCCN(N2)C(=O)[C@H]1CNC(=O)[C@H]1[C@H](C)[C@@H]1c1ccccn1. The number of carbonyl (C=O) groups excluding carboxylic acids is 3. The van der Waals surface area contributed by atoms with Gasteiger partial charge in [-0.25, -0.2) is 10.4 Å². The van der Waals surface area contributed by atoms with Crippen LogP contribution < -0.4 is 15.6 Å². The normalized spacial score (nSPS) is 24.9. The summed E-state index contributed by atoms with van der Waals surface area (Å²) in [6, 6.07) is 13.9. The van der Waals surface area contributed by atoms with E-state index in [1.165, 1.54) is 16.3 Å². The van der Waals surface area contributed by atoms with E-state index in [0.717, 1.165) is 82.2 Å². The Bertz CT molecular complexity index is 2630. The number of nitrogens with zero attached hydrogens (tertiary/aromatic N) is 7. The van der Waals surface area contributed by atoms with Gasteiger partial charge >= 0.3 is 5.97 Å². The Morgan fingerprint density at radius 1 is 1.07 bits per heavy atom. The number of fused-ring (bicyclic) bond motifs is 6. The van der Waals surface area contributed by atoms with Crippen LogP contribution in [-0.4, -0.2) is 120 Å². The lowest BCUT2D eigenvalue weighted by molar-refractivity contribution is -0.157. The van der Waals surface area contributed by atoms with Crippen molar-refractivity contribution in [2.75, 3.05) is 71.5 Å². The van der Waals surface area contributed by atoms with Crippen LogP contribution in [0.2, 0.25) is 0 Å². The zero-order valence-electron chi connectivity index (χ0n) is 40.8. The number of aryl methyl sites for hydroxylation is 1. The number of esters is 1. The number of cyclic esters (lactones) is 1. The minimum Gasteiger partial charge on any atom is -0.464 e. The van der Waals surface area contributed by atoms with Gasteiger partial charge in [0, 0.05) is 116 Å². The minimum atomic E-state index is -0.852. The molecule has 7 atom stereocenters. The number of hydrogen-bond donors (Lipinski definition) is 2. The smallest absolute Gasteiger partial charge is 0.324 e. The molecule has 3 aliphatic heterocycles. The molecule has 2 saturated heterocycles. The van der Waals surface area contributed by atoms with Crippen LogP contribution in [0.1, 0.15) is 94.5 Å². The Morgan fingerprint density at radius 3 is 2.62 bits per heavy atom. The van der Waals surface area contributed by atoms with Gasteiger partial charge in [-0.2, -0.15) is 0 Å². The number of carbonyl (C=O) groups is 3. The predicted octanol–water partition coefficient (Wildman–Crippen LogP) is 7.18. The van der Waals surface area contributed by atoms with E-state index in [9.17, 15) is 14.4 Å². The fraction of sp³-hybridized carbons (Fsp3) is 0.538. The van der Waals surface area contributed by atoms with Crippen molar-refractivity contribution in [3.8, 4) is 22.5 Å². The van der Waals surface area contributed by atoms with Gasteiger partial charge in [-0.15, -0.1) is 11.3 Å². The molecule has 1 aliphatic carbocycles. The number of ether oxygens (including phenoxy) is 3. The van der Waals surface area contributed by atoms with Gasteiger partial charge in [0.25, 0.3) is 0 Å². The van der Waals surface area contributed by atoms with E-state index >= 15 is 0 Å². The molecule has 16 heteroatoms. The van der Waals surface area contributed by atoms with Gasteiger partial charge in [-0.1, -0.05) is 32.9 Å². The maximum absolute atomic E-state index is 14.9. The second kappa shape index (κ2) is 20.0. The van der Waals surface area contributed by atoms with Crippen LogP contribution in [0.3, 0.4) is 0 Å². The van der Waals surface area contributed by atoms with Crippen molar-refractivity contribution in [1.29, 1.82) is 0 Å². The molecule has 7 heterocycles. The highest BCUT2D eigenvalue weighted by molar-refractivity contribution is 7.10. The number of hydrogen-bond acceptors (Lipinski definition) is 13. The quantitative estimate of drug-likeness (QED) is 0.129. The van der Waals surface area contributed by atoms with E-state index < -0.39 is 29.4 Å². The third-order valence-electron chi connectivity index (χ3n) is 14.5. The summed E-state index contributed by atoms with van der Waals surface area (Å²) in [5, 5.41) is 8.42. The number of piperazine rings is 1. The molecule has 4 aromatic heterocycles. The molecule has 4 aliphatic rings. The Kier molecular flexibility index (Phi) is 14.1. The number of amides is 2. The number of thiazole rings is 1. The molecule has 0 unspecified atom stereocenters. The van der Waals surface area contributed by atoms with Crippen molar-refractivity contribution in [1.82, 2.24) is 40.2 Å². The van der Waals surface area contributed by atoms with Crippen LogP contribution in [-0.2, 0) is 41.6 Å². The molecule has 15 nitrogen and oxygen atoms in total. The Morgan fingerprint density at radius 2 is 1.88 bits per heavy atom. The number of methoxy groups -OCH3 is 1. The van der Waals surface area contributed by atoms with E-state index in [4.69, 9.17) is 24.2 Å². The lowest BCUT2D eigenvalue weighted by Gasteiger charge is -2.37. The van der Waals surface area contributed by atoms with Crippen LogP contribution in [0.4, 0.5) is 5.69 Å². The summed E-state index contributed by atoms with van der Waals surface area (Å²) in [6.45, 7) is 17.8. The molecule has 9 rings (SSSR count). The second-order valence-electron chi connectivity index (χ2n) is 19.8. The molecule has 0 spiro atoms. The van der Waals surface area contributed by atoms with Gasteiger partial charge in [0.05, 0.1) is 47.6 Å². The van der Waals surface area contributed by atoms with Crippen LogP contribution in [0.25, 0.3) is 33.4 Å². The average molecular weight is 946 g/mol. The molecule has 362 valence electrons. The Balaban J connectivity index is 1.14. The number of likely N-dealkylation sites (N-methyl/N-ethyl adjacent to an activating group) is 1. The summed E-state index contributed by atoms with van der Waals surface area (Å²) in [5.41, 5.74) is 11.6. The number of hydrazine groups is 1. The summed E-state index contributed by atoms with van der Waals surface area (Å²) in [6.07, 6.45) is 4.39. The van der Waals surface area contributed by atoms with Gasteiger partial charge in [-0.05, 0) is 88.9 Å². The molecule has 1 aromatic carbocycles. The predicted molar refractivity (Wildman–Crippen MR) is 264 cm³/mol. The highest BCUT2D eigenvalue weighted by Crippen LogP contribution is 2.53. The summed E-state index contributed by atoms with van der Waals surface area (Å²) >= 11 is 1.45. The molecular formula is C52H67N9O6S. The maximum Gasteiger partial charge on any atom is 0.324 e. The van der Waals surface area contributed by atoms with E-state index in [2.05, 4.69) is 89.1 Å². The van der Waals surface area contributed by atoms with Crippen molar-refractivity contribution >= 4 is 45.7 Å². The average Bonchev–Trinajstić information content (AvgIpc) is 3.63. The first-order valence-electron chi connectivity index (χ1n) is 24.4. The molecule has 1 saturated carbocycles. The van der Waals surface area contributed by atoms with Gasteiger partial charge in [-0.3, -0.25) is 29.4 Å². The monoisotopic (exact) mass is 945 g/mol. The zero-order valence-corrected chi connectivity index (χ0v) is 41.6. The van der Waals surface area contributed by atoms with E-state index in [1.54, 1.807) is 13.3 Å². The highest BCUT2D eigenvalue weighted by atomic mass is 32.1. The Labute approximate surface area is 403 Å². The first-order chi connectivity index (χ1) is 32.8. The Hall–Kier alpha value is -5.26. The number of benzene rings is 1. The molecular weight excluding hydrogens is 879 g/mol. The van der Waals surface area contributed by atoms with E-state index in [-0.39, 0.29) is 48.8 Å². The number of rotatable bonds is 11. The molecule has 2 N–H and O–H groups in total. The number of anilines is 1. The number of aromatic nitrogens is 4. The maximum atomic E-state index is 14.9. The highest BCUT2D eigenvalue weighted by Gasteiger charge is 2.53. The van der Waals surface area contributed by atoms with Crippen molar-refractivity contribution < 1.29 is 28.6 Å². The lowest BCUT2D eigenvalue weighted by Crippen LogP contribution is -2.58. The van der Waals surface area contributed by atoms with Crippen molar-refractivity contribution in [3.63, 3.8) is 0 Å². The first kappa shape index (κ1) is 47.8. The standard InChI is InChI=1S/C52H67N9O6S/c1-9-60-42-17-16-33-24-35(42)37(46(60)36-25-34(27-54-45(36)32(4)65-8)59-22-20-58(7)21-23-59)26-52(5,6)30-67-51(64)40-15-13-19-61(57-40)50(63)38(47(66-10-2)49-56-41(33)29-68-49)28-55-48(62)44-31(3)43(44)39-14-11-12-18-53-39/h11-12,14,16-18,24-25,27,29,31-32,38,40,43-44,47,57H,9-10,13,15,19-23,26,28,30H2,1-8H3,(H,55,62)/t31-,32+,38+,40+,43-,44+,47+/m1/s1. The minimum absolute atomic E-state index is 0.00459. The first-order valence-corrected chi connectivity index (χ1v) is 25.3. The van der Waals surface area contributed by atoms with E-state index in [0.29, 0.717) is 44.0 Å². The summed E-state index contributed by atoms with van der Waals surface area (Å²) in [7, 11) is 3.89. The number of pyridine rings is 2. The third kappa shape index (κ3) is 9.54. The largest absolute Gasteiger partial charge is 0.464 e. The van der Waals surface area contributed by atoms with Crippen LogP contribution in [0, 0.1) is 23.2 Å². The summed E-state index contributed by atoms with van der Waals surface area (Å²) in [4.78, 5) is 62.6. The van der Waals surface area contributed by atoms with Crippen molar-refractivity contribution in [3.05, 3.63) is 82.2 Å². The van der Waals surface area contributed by atoms with Crippen molar-refractivity contribution in [2.24, 2.45) is 23.2 Å². The molecule has 6 bridgehead atoms. The number of nitrogens with one attached hydrogen (secondary N) is 2. The molecule has 2 amide bonds. The molecule has 0 radical (unpaired) electrons. The molecule has 3 fully saturated rings. The summed E-state index contributed by atoms with van der Waals surface area (Å²) < 4.78 is 21.1. The topological polar surface area (TPSA) is 156 Å². The zero-order chi connectivity index (χ0) is 47.9. The van der Waals surface area contributed by atoms with Gasteiger partial charge < -0.3 is 33.9 Å². The fourth-order valence-electron chi connectivity index (χ4n) is 10.6. The third-order valence-corrected chi connectivity index (χ3v) is 15.5. The molecule has 5 aromatic rings. The van der Waals surface area contributed by atoms with Gasteiger partial charge in [0.2, 0.25) is 11.8 Å². The van der Waals surface area contributed by atoms with Crippen LogP contribution in [0.15, 0.2) is 60.2 Å². The van der Waals surface area contributed by atoms with Crippen LogP contribution in [0.5, 0.6) is 0 Å². The second-order valence-corrected chi connectivity index (χ2v) is 20.7. The van der Waals surface area contributed by atoms with E-state index in [1.807, 2.05) is 43.6 Å². The summed E-state index contributed by atoms with van der Waals surface area (Å²) in [5.74, 6) is -1.81. The van der Waals surface area contributed by atoms with Gasteiger partial charge in [0.1, 0.15) is 17.2 Å². The molecule has 68 heavy (non-hydrogen) atoms. The van der Waals surface area contributed by atoms with Crippen molar-refractivity contribution in [2.45, 2.75) is 91.5 Å². The lowest BCUT2D eigenvalue weighted by atomic mass is 9.84. The van der Waals surface area contributed by atoms with Gasteiger partial charge in [0.15, 0.2) is 0 Å². The fourth-order valence-corrected chi connectivity index (χ4v) is 11.5.